The molecule has 0 aromatic carbocycles. The van der Waals surface area contributed by atoms with Crippen molar-refractivity contribution in [3.05, 3.63) is 0 Å². The number of likely N-dealkylation sites (N-methyl/N-ethyl adjacent to an activating group) is 2. The molecular formula is C11H25N3O2. The topological polar surface area (TPSA) is 53.6 Å². The number of ether oxygens (including phenoxy) is 1. The summed E-state index contributed by atoms with van der Waals surface area (Å²) in [5.74, 6) is 0. The van der Waals surface area contributed by atoms with Crippen molar-refractivity contribution >= 4 is 6.09 Å². The van der Waals surface area contributed by atoms with E-state index >= 15 is 0 Å². The quantitative estimate of drug-likeness (QED) is 0.705. The Morgan fingerprint density at radius 1 is 1.12 bits per heavy atom. The van der Waals surface area contributed by atoms with Crippen molar-refractivity contribution in [1.82, 2.24) is 15.5 Å². The van der Waals surface area contributed by atoms with Crippen LogP contribution in [0.4, 0.5) is 4.79 Å². The fourth-order valence-corrected chi connectivity index (χ4v) is 1.11. The summed E-state index contributed by atoms with van der Waals surface area (Å²) in [6, 6.07) is 0. The molecule has 0 saturated carbocycles. The zero-order valence-electron chi connectivity index (χ0n) is 11.1. The molecule has 0 aromatic rings. The average Bonchev–Trinajstić information content (AvgIpc) is 2.15. The third-order valence-electron chi connectivity index (χ3n) is 1.92. The highest BCUT2D eigenvalue weighted by Gasteiger charge is 2.21. The van der Waals surface area contributed by atoms with Gasteiger partial charge in [-0.1, -0.05) is 0 Å². The van der Waals surface area contributed by atoms with E-state index in [4.69, 9.17) is 4.74 Å². The first kappa shape index (κ1) is 15.2. The molecule has 0 saturated heterocycles. The number of nitrogens with one attached hydrogen (secondary N) is 2. The van der Waals surface area contributed by atoms with E-state index in [2.05, 4.69) is 10.6 Å². The predicted octanol–water partition coefficient (Wildman–Crippen LogP) is 0.662. The van der Waals surface area contributed by atoms with Crippen LogP contribution >= 0.6 is 0 Å². The Labute approximate surface area is 98.5 Å². The number of hydrogen-bond donors (Lipinski definition) is 2. The summed E-state index contributed by atoms with van der Waals surface area (Å²) in [6.45, 7) is 8.48. The van der Waals surface area contributed by atoms with Gasteiger partial charge in [0.25, 0.3) is 0 Å². The summed E-state index contributed by atoms with van der Waals surface area (Å²) in [5.41, 5.74) is -0.436. The third-order valence-corrected chi connectivity index (χ3v) is 1.92. The molecule has 96 valence electrons. The lowest BCUT2D eigenvalue weighted by atomic mass is 10.2. The standard InChI is InChI=1S/C11H25N3O2/c1-11(2,3)16-10(15)14(8-6-12-4)9-7-13-5/h12-13H,6-9H2,1-5H3. The molecule has 2 N–H and O–H groups in total. The maximum absolute atomic E-state index is 11.8. The molecule has 0 spiro atoms. The molecule has 1 amide bonds. The second-order valence-corrected chi connectivity index (χ2v) is 4.67. The van der Waals surface area contributed by atoms with Crippen LogP contribution < -0.4 is 10.6 Å². The van der Waals surface area contributed by atoms with Crippen LogP contribution in [0, 0.1) is 0 Å². The summed E-state index contributed by atoms with van der Waals surface area (Å²) in [5, 5.41) is 6.04. The van der Waals surface area contributed by atoms with Gasteiger partial charge in [-0.05, 0) is 34.9 Å². The second kappa shape index (κ2) is 7.46. The molecule has 0 unspecified atom stereocenters. The number of rotatable bonds is 6. The molecule has 5 heteroatoms. The van der Waals surface area contributed by atoms with Crippen LogP contribution in [0.3, 0.4) is 0 Å². The molecule has 0 heterocycles. The van der Waals surface area contributed by atoms with Gasteiger partial charge in [0.15, 0.2) is 0 Å². The molecule has 0 fully saturated rings. The van der Waals surface area contributed by atoms with Crippen LogP contribution in [0.25, 0.3) is 0 Å². The Bertz CT molecular complexity index is 194. The summed E-state index contributed by atoms with van der Waals surface area (Å²) in [6.07, 6.45) is -0.252. The van der Waals surface area contributed by atoms with E-state index in [9.17, 15) is 4.79 Å². The fraction of sp³-hybridized carbons (Fsp3) is 0.909. The molecule has 0 bridgehead atoms. The second-order valence-electron chi connectivity index (χ2n) is 4.67. The Kier molecular flexibility index (Phi) is 7.08. The van der Waals surface area contributed by atoms with Gasteiger partial charge in [-0.2, -0.15) is 0 Å². The van der Waals surface area contributed by atoms with Crippen LogP contribution in [0.2, 0.25) is 0 Å². The first-order valence-electron chi connectivity index (χ1n) is 5.68. The summed E-state index contributed by atoms with van der Waals surface area (Å²) in [7, 11) is 3.73. The van der Waals surface area contributed by atoms with Gasteiger partial charge in [0.1, 0.15) is 5.60 Å². The predicted molar refractivity (Wildman–Crippen MR) is 65.7 cm³/mol. The normalized spacial score (nSPS) is 11.3. The van der Waals surface area contributed by atoms with Crippen molar-refractivity contribution in [1.29, 1.82) is 0 Å². The molecule has 16 heavy (non-hydrogen) atoms. The van der Waals surface area contributed by atoms with Gasteiger partial charge >= 0.3 is 6.09 Å². The van der Waals surface area contributed by atoms with Gasteiger partial charge in [0, 0.05) is 26.2 Å². The van der Waals surface area contributed by atoms with Crippen molar-refractivity contribution in [2.45, 2.75) is 26.4 Å². The van der Waals surface area contributed by atoms with Crippen LogP contribution in [0.15, 0.2) is 0 Å². The lowest BCUT2D eigenvalue weighted by Crippen LogP contribution is -2.42. The first-order chi connectivity index (χ1) is 7.40. The minimum absolute atomic E-state index is 0.252. The number of carbonyl (C=O) groups is 1. The Hall–Kier alpha value is -0.810. The van der Waals surface area contributed by atoms with Gasteiger partial charge in [-0.25, -0.2) is 4.79 Å². The Morgan fingerprint density at radius 2 is 1.56 bits per heavy atom. The van der Waals surface area contributed by atoms with Crippen molar-refractivity contribution < 1.29 is 9.53 Å². The minimum atomic E-state index is -0.436. The van der Waals surface area contributed by atoms with Crippen molar-refractivity contribution in [3.8, 4) is 0 Å². The molecule has 0 atom stereocenters. The Balaban J connectivity index is 4.19. The fourth-order valence-electron chi connectivity index (χ4n) is 1.11. The monoisotopic (exact) mass is 231 g/mol. The van der Waals surface area contributed by atoms with Crippen LogP contribution in [0.5, 0.6) is 0 Å². The van der Waals surface area contributed by atoms with Crippen molar-refractivity contribution in [2.24, 2.45) is 0 Å². The highest BCUT2D eigenvalue weighted by Crippen LogP contribution is 2.09. The van der Waals surface area contributed by atoms with E-state index in [0.717, 1.165) is 13.1 Å². The molecule has 0 aromatic heterocycles. The van der Waals surface area contributed by atoms with Gasteiger partial charge in [0.05, 0.1) is 0 Å². The van der Waals surface area contributed by atoms with E-state index in [-0.39, 0.29) is 6.09 Å². The van der Waals surface area contributed by atoms with E-state index < -0.39 is 5.60 Å². The number of nitrogens with zero attached hydrogens (tertiary/aromatic N) is 1. The molecule has 0 aliphatic carbocycles. The smallest absolute Gasteiger partial charge is 0.410 e. The zero-order valence-corrected chi connectivity index (χ0v) is 11.1. The maximum Gasteiger partial charge on any atom is 0.410 e. The minimum Gasteiger partial charge on any atom is -0.444 e. The van der Waals surface area contributed by atoms with Gasteiger partial charge in [-0.15, -0.1) is 0 Å². The van der Waals surface area contributed by atoms with Crippen molar-refractivity contribution in [3.63, 3.8) is 0 Å². The van der Waals surface area contributed by atoms with Crippen LogP contribution in [-0.4, -0.2) is 56.9 Å². The zero-order chi connectivity index (χ0) is 12.6. The largest absolute Gasteiger partial charge is 0.444 e. The van der Waals surface area contributed by atoms with Crippen molar-refractivity contribution in [2.75, 3.05) is 40.3 Å². The summed E-state index contributed by atoms with van der Waals surface area (Å²) in [4.78, 5) is 13.5. The number of hydrogen-bond acceptors (Lipinski definition) is 4. The molecule has 0 aliphatic rings. The van der Waals surface area contributed by atoms with Gasteiger partial charge in [0.2, 0.25) is 0 Å². The lowest BCUT2D eigenvalue weighted by molar-refractivity contribution is 0.0255. The maximum atomic E-state index is 11.8. The average molecular weight is 231 g/mol. The first-order valence-corrected chi connectivity index (χ1v) is 5.68. The highest BCUT2D eigenvalue weighted by molar-refractivity contribution is 5.68. The molecule has 0 rings (SSSR count). The highest BCUT2D eigenvalue weighted by atomic mass is 16.6. The van der Waals surface area contributed by atoms with E-state index in [1.54, 1.807) is 4.90 Å². The van der Waals surface area contributed by atoms with E-state index in [1.165, 1.54) is 0 Å². The number of amides is 1. The summed E-state index contributed by atoms with van der Waals surface area (Å²) < 4.78 is 5.33. The Morgan fingerprint density at radius 3 is 1.88 bits per heavy atom. The lowest BCUT2D eigenvalue weighted by Gasteiger charge is -2.27. The SMILES string of the molecule is CNCCN(CCNC)C(=O)OC(C)(C)C. The number of carbonyl (C=O) groups excluding carboxylic acids is 1. The molecule has 0 aliphatic heterocycles. The van der Waals surface area contributed by atoms with E-state index in [0.29, 0.717) is 13.1 Å². The third kappa shape index (κ3) is 7.48. The molecule has 0 radical (unpaired) electrons. The molecular weight excluding hydrogens is 206 g/mol. The van der Waals surface area contributed by atoms with E-state index in [1.807, 2.05) is 34.9 Å². The molecule has 5 nitrogen and oxygen atoms in total. The van der Waals surface area contributed by atoms with Crippen LogP contribution in [-0.2, 0) is 4.74 Å². The summed E-state index contributed by atoms with van der Waals surface area (Å²) >= 11 is 0. The van der Waals surface area contributed by atoms with Gasteiger partial charge < -0.3 is 20.3 Å². The van der Waals surface area contributed by atoms with Crippen LogP contribution in [0.1, 0.15) is 20.8 Å². The van der Waals surface area contributed by atoms with Gasteiger partial charge in [-0.3, -0.25) is 0 Å².